The largest absolute Gasteiger partial charge is 0.335 e. The average molecular weight is 342 g/mol. The van der Waals surface area contributed by atoms with Crippen LogP contribution in [0.4, 0.5) is 16.2 Å². The van der Waals surface area contributed by atoms with Gasteiger partial charge in [0.15, 0.2) is 0 Å². The summed E-state index contributed by atoms with van der Waals surface area (Å²) in [6.07, 6.45) is 1.31. The number of urea groups is 1. The fourth-order valence-electron chi connectivity index (χ4n) is 2.66. The van der Waals surface area contributed by atoms with Crippen LogP contribution in [-0.2, 0) is 19.2 Å². The fourth-order valence-corrected chi connectivity index (χ4v) is 2.66. The lowest BCUT2D eigenvalue weighted by atomic mass is 10.2. The summed E-state index contributed by atoms with van der Waals surface area (Å²) < 4.78 is 0. The number of para-hydroxylation sites is 2. The van der Waals surface area contributed by atoms with Gasteiger partial charge in [0, 0.05) is 6.54 Å². The topological polar surface area (TPSA) is 107 Å². The van der Waals surface area contributed by atoms with Crippen molar-refractivity contribution in [2.75, 3.05) is 29.9 Å². The Balaban J connectivity index is 1.82. The highest BCUT2D eigenvalue weighted by Crippen LogP contribution is 2.29. The molecule has 1 aromatic rings. The predicted octanol–water partition coefficient (Wildman–Crippen LogP) is -0.0515. The van der Waals surface area contributed by atoms with Crippen LogP contribution in [0.5, 0.6) is 0 Å². The molecule has 0 aliphatic carbocycles. The zero-order valence-electron chi connectivity index (χ0n) is 13.1. The van der Waals surface area contributed by atoms with Crippen LogP contribution in [0.3, 0.4) is 0 Å². The number of carbonyl (C=O) groups excluding carboxylic acids is 5. The molecule has 3 rings (SSSR count). The minimum atomic E-state index is -1.07. The molecule has 25 heavy (non-hydrogen) atoms. The third-order valence-corrected chi connectivity index (χ3v) is 3.81. The summed E-state index contributed by atoms with van der Waals surface area (Å²) in [5.74, 6) is -3.11. The average Bonchev–Trinajstić information content (AvgIpc) is 2.79. The number of carbonyl (C=O) groups is 5. The maximum Gasteiger partial charge on any atom is 0.335 e. The first-order valence-electron chi connectivity index (χ1n) is 7.41. The SMILES string of the molecule is C=CCN1C(=O)C(=O)N(CC(=O)N2CC(=O)Nc3ccccc32)C1=O. The molecule has 0 radical (unpaired) electrons. The quantitative estimate of drug-likeness (QED) is 0.469. The van der Waals surface area contributed by atoms with Crippen molar-refractivity contribution < 1.29 is 24.0 Å². The Morgan fingerprint density at radius 1 is 1.12 bits per heavy atom. The number of nitrogens with one attached hydrogen (secondary N) is 1. The molecule has 0 bridgehead atoms. The van der Waals surface area contributed by atoms with Gasteiger partial charge < -0.3 is 5.32 Å². The minimum absolute atomic E-state index is 0.122. The normalized spacial score (nSPS) is 16.9. The van der Waals surface area contributed by atoms with Gasteiger partial charge in [0.2, 0.25) is 11.8 Å². The molecule has 2 heterocycles. The summed E-state index contributed by atoms with van der Waals surface area (Å²) in [5.41, 5.74) is 0.913. The van der Waals surface area contributed by atoms with E-state index in [1.54, 1.807) is 24.3 Å². The molecule has 0 atom stereocenters. The van der Waals surface area contributed by atoms with Gasteiger partial charge in [-0.15, -0.1) is 6.58 Å². The summed E-state index contributed by atoms with van der Waals surface area (Å²) in [6, 6.07) is 5.78. The minimum Gasteiger partial charge on any atom is -0.323 e. The lowest BCUT2D eigenvalue weighted by molar-refractivity contribution is -0.143. The molecule has 1 fully saturated rings. The van der Waals surface area contributed by atoms with Crippen molar-refractivity contribution in [3.05, 3.63) is 36.9 Å². The van der Waals surface area contributed by atoms with Gasteiger partial charge in [0.25, 0.3) is 0 Å². The van der Waals surface area contributed by atoms with E-state index < -0.39 is 36.2 Å². The van der Waals surface area contributed by atoms with Crippen molar-refractivity contribution in [1.82, 2.24) is 9.80 Å². The van der Waals surface area contributed by atoms with E-state index in [2.05, 4.69) is 11.9 Å². The molecule has 0 unspecified atom stereocenters. The first-order chi connectivity index (χ1) is 11.9. The van der Waals surface area contributed by atoms with E-state index in [9.17, 15) is 24.0 Å². The van der Waals surface area contributed by atoms with Crippen LogP contribution in [-0.4, -0.2) is 59.1 Å². The molecule has 1 aromatic carbocycles. The van der Waals surface area contributed by atoms with E-state index in [4.69, 9.17) is 0 Å². The van der Waals surface area contributed by atoms with Crippen LogP contribution in [0.2, 0.25) is 0 Å². The highest BCUT2D eigenvalue weighted by molar-refractivity contribution is 6.45. The van der Waals surface area contributed by atoms with Crippen molar-refractivity contribution in [3.8, 4) is 0 Å². The second kappa shape index (κ2) is 6.19. The Bertz CT molecular complexity index is 818. The molecule has 0 aromatic heterocycles. The Labute approximate surface area is 142 Å². The number of imide groups is 2. The second-order valence-electron chi connectivity index (χ2n) is 5.42. The maximum absolute atomic E-state index is 12.6. The van der Waals surface area contributed by atoms with Crippen molar-refractivity contribution >= 4 is 41.0 Å². The first-order valence-corrected chi connectivity index (χ1v) is 7.41. The Morgan fingerprint density at radius 3 is 2.52 bits per heavy atom. The number of fused-ring (bicyclic) bond motifs is 1. The summed E-state index contributed by atoms with van der Waals surface area (Å²) in [4.78, 5) is 62.7. The molecule has 1 N–H and O–H groups in total. The predicted molar refractivity (Wildman–Crippen MR) is 86.4 cm³/mol. The lowest BCUT2D eigenvalue weighted by Gasteiger charge is -2.30. The number of anilines is 2. The standard InChI is InChI=1S/C16H14N4O5/c1-2-7-18-14(23)15(24)20(16(18)25)9-13(22)19-8-12(21)17-10-5-3-4-6-11(10)19/h2-6H,1,7-9H2,(H,17,21). The molecular formula is C16H14N4O5. The van der Waals surface area contributed by atoms with Crippen LogP contribution in [0, 0.1) is 0 Å². The molecule has 9 nitrogen and oxygen atoms in total. The summed E-state index contributed by atoms with van der Waals surface area (Å²) in [5, 5.41) is 2.63. The molecule has 6 amide bonds. The highest BCUT2D eigenvalue weighted by atomic mass is 16.2. The highest BCUT2D eigenvalue weighted by Gasteiger charge is 2.45. The molecule has 2 aliphatic rings. The van der Waals surface area contributed by atoms with Crippen LogP contribution in [0.25, 0.3) is 0 Å². The molecular weight excluding hydrogens is 328 g/mol. The summed E-state index contributed by atoms with van der Waals surface area (Å²) in [6.45, 7) is 2.43. The molecule has 0 saturated carbocycles. The molecule has 2 aliphatic heterocycles. The van der Waals surface area contributed by atoms with Gasteiger partial charge in [-0.1, -0.05) is 18.2 Å². The van der Waals surface area contributed by atoms with Gasteiger partial charge in [-0.2, -0.15) is 0 Å². The Kier molecular flexibility index (Phi) is 4.05. The number of hydrogen-bond donors (Lipinski definition) is 1. The third-order valence-electron chi connectivity index (χ3n) is 3.81. The number of nitrogens with zero attached hydrogens (tertiary/aromatic N) is 3. The van der Waals surface area contributed by atoms with Gasteiger partial charge in [-0.05, 0) is 12.1 Å². The van der Waals surface area contributed by atoms with Gasteiger partial charge in [0.1, 0.15) is 13.1 Å². The summed E-state index contributed by atoms with van der Waals surface area (Å²) in [7, 11) is 0. The second-order valence-corrected chi connectivity index (χ2v) is 5.42. The first kappa shape index (κ1) is 16.4. The van der Waals surface area contributed by atoms with E-state index in [-0.39, 0.29) is 13.1 Å². The number of benzene rings is 1. The smallest absolute Gasteiger partial charge is 0.323 e. The van der Waals surface area contributed by atoms with Crippen LogP contribution in [0.1, 0.15) is 0 Å². The molecule has 9 heteroatoms. The zero-order chi connectivity index (χ0) is 18.1. The number of rotatable bonds is 4. The van der Waals surface area contributed by atoms with Gasteiger partial charge in [-0.3, -0.25) is 29.0 Å². The van der Waals surface area contributed by atoms with Crippen molar-refractivity contribution in [1.29, 1.82) is 0 Å². The number of hydrogen-bond acceptors (Lipinski definition) is 5. The zero-order valence-corrected chi connectivity index (χ0v) is 13.1. The van der Waals surface area contributed by atoms with E-state index in [1.165, 1.54) is 11.0 Å². The monoisotopic (exact) mass is 342 g/mol. The summed E-state index contributed by atoms with van der Waals surface area (Å²) >= 11 is 0. The Hall–Kier alpha value is -3.49. The number of amides is 6. The van der Waals surface area contributed by atoms with Gasteiger partial charge in [-0.25, -0.2) is 9.69 Å². The third kappa shape index (κ3) is 2.75. The molecule has 0 spiro atoms. The van der Waals surface area contributed by atoms with E-state index in [0.717, 1.165) is 0 Å². The fraction of sp³-hybridized carbons (Fsp3) is 0.188. The van der Waals surface area contributed by atoms with E-state index >= 15 is 0 Å². The molecule has 1 saturated heterocycles. The van der Waals surface area contributed by atoms with Crippen LogP contribution < -0.4 is 10.2 Å². The van der Waals surface area contributed by atoms with Crippen LogP contribution >= 0.6 is 0 Å². The van der Waals surface area contributed by atoms with Crippen LogP contribution in [0.15, 0.2) is 36.9 Å². The van der Waals surface area contributed by atoms with Gasteiger partial charge >= 0.3 is 17.8 Å². The van der Waals surface area contributed by atoms with Crippen molar-refractivity contribution in [3.63, 3.8) is 0 Å². The van der Waals surface area contributed by atoms with Crippen molar-refractivity contribution in [2.24, 2.45) is 0 Å². The molecule has 128 valence electrons. The Morgan fingerprint density at radius 2 is 1.80 bits per heavy atom. The van der Waals surface area contributed by atoms with E-state index in [0.29, 0.717) is 21.2 Å². The van der Waals surface area contributed by atoms with Gasteiger partial charge in [0.05, 0.1) is 11.4 Å². The maximum atomic E-state index is 12.6. The van der Waals surface area contributed by atoms with E-state index in [1.807, 2.05) is 0 Å². The van der Waals surface area contributed by atoms with Crippen molar-refractivity contribution in [2.45, 2.75) is 0 Å². The lowest BCUT2D eigenvalue weighted by Crippen LogP contribution is -2.48.